The second kappa shape index (κ2) is 6.28. The minimum atomic E-state index is -0.0456. The third-order valence-electron chi connectivity index (χ3n) is 2.88. The predicted octanol–water partition coefficient (Wildman–Crippen LogP) is 2.40. The molecule has 0 fully saturated rings. The number of nitrogen functional groups attached to an aromatic ring is 1. The van der Waals surface area contributed by atoms with Gasteiger partial charge in [-0.1, -0.05) is 13.8 Å². The number of ether oxygens (including phenoxy) is 1. The minimum absolute atomic E-state index is 0.0456. The summed E-state index contributed by atoms with van der Waals surface area (Å²) in [5.74, 6) is 1.19. The van der Waals surface area contributed by atoms with Gasteiger partial charge in [0.15, 0.2) is 0 Å². The van der Waals surface area contributed by atoms with E-state index in [4.69, 9.17) is 10.5 Å². The van der Waals surface area contributed by atoms with Gasteiger partial charge in [0, 0.05) is 25.3 Å². The molecule has 1 aromatic rings. The normalized spacial score (nSPS) is 10.5. The monoisotopic (exact) mass is 250 g/mol. The average Bonchev–Trinajstić information content (AvgIpc) is 2.34. The quantitative estimate of drug-likeness (QED) is 0.816. The summed E-state index contributed by atoms with van der Waals surface area (Å²) in [7, 11) is 3.37. The molecule has 0 saturated carbocycles. The number of hydrogen-bond donors (Lipinski definition) is 1. The Morgan fingerprint density at radius 3 is 2.61 bits per heavy atom. The van der Waals surface area contributed by atoms with Crippen LogP contribution < -0.4 is 10.5 Å². The first kappa shape index (κ1) is 14.4. The predicted molar refractivity (Wildman–Crippen MR) is 73.8 cm³/mol. The van der Waals surface area contributed by atoms with E-state index in [9.17, 15) is 4.79 Å². The highest BCUT2D eigenvalue weighted by Crippen LogP contribution is 2.20. The first-order chi connectivity index (χ1) is 8.45. The molecule has 4 heteroatoms. The highest BCUT2D eigenvalue weighted by Gasteiger charge is 2.15. The summed E-state index contributed by atoms with van der Waals surface area (Å²) in [6.45, 7) is 5.02. The van der Waals surface area contributed by atoms with Crippen molar-refractivity contribution in [1.82, 2.24) is 4.90 Å². The molecular weight excluding hydrogens is 228 g/mol. The van der Waals surface area contributed by atoms with Gasteiger partial charge in [0.25, 0.3) is 5.91 Å². The van der Waals surface area contributed by atoms with Gasteiger partial charge in [0.05, 0.1) is 12.7 Å². The van der Waals surface area contributed by atoms with Crippen molar-refractivity contribution in [3.63, 3.8) is 0 Å². The van der Waals surface area contributed by atoms with E-state index >= 15 is 0 Å². The van der Waals surface area contributed by atoms with Crippen molar-refractivity contribution in [2.45, 2.75) is 20.3 Å². The Morgan fingerprint density at radius 1 is 1.44 bits per heavy atom. The van der Waals surface area contributed by atoms with Gasteiger partial charge in [-0.25, -0.2) is 0 Å². The molecule has 0 aliphatic carbocycles. The molecule has 2 N–H and O–H groups in total. The van der Waals surface area contributed by atoms with Crippen molar-refractivity contribution < 1.29 is 9.53 Å². The summed E-state index contributed by atoms with van der Waals surface area (Å²) < 4.78 is 5.06. The Hall–Kier alpha value is -1.71. The molecule has 0 unspecified atom stereocenters. The fourth-order valence-corrected chi connectivity index (χ4v) is 1.62. The van der Waals surface area contributed by atoms with E-state index in [1.807, 2.05) is 0 Å². The first-order valence-corrected chi connectivity index (χ1v) is 6.14. The highest BCUT2D eigenvalue weighted by molar-refractivity contribution is 5.99. The Morgan fingerprint density at radius 2 is 2.11 bits per heavy atom. The second-order valence-corrected chi connectivity index (χ2v) is 4.86. The number of amides is 1. The standard InChI is InChI=1S/C14H22N2O2/c1-10(2)7-8-16(3)14(17)12-6-5-11(18-4)9-13(12)15/h5-6,9-10H,7-8,15H2,1-4H3. The van der Waals surface area contributed by atoms with Crippen LogP contribution in [-0.2, 0) is 0 Å². The van der Waals surface area contributed by atoms with Crippen LogP contribution in [0.15, 0.2) is 18.2 Å². The molecule has 0 bridgehead atoms. The van der Waals surface area contributed by atoms with E-state index in [2.05, 4.69) is 13.8 Å². The van der Waals surface area contributed by atoms with Gasteiger partial charge in [0.2, 0.25) is 0 Å². The maximum atomic E-state index is 12.2. The molecule has 0 aliphatic rings. The molecule has 0 heterocycles. The topological polar surface area (TPSA) is 55.6 Å². The fraction of sp³-hybridized carbons (Fsp3) is 0.500. The molecule has 0 saturated heterocycles. The summed E-state index contributed by atoms with van der Waals surface area (Å²) >= 11 is 0. The maximum absolute atomic E-state index is 12.2. The molecule has 0 atom stereocenters. The number of benzene rings is 1. The zero-order valence-electron chi connectivity index (χ0n) is 11.6. The van der Waals surface area contributed by atoms with Gasteiger partial charge >= 0.3 is 0 Å². The van der Waals surface area contributed by atoms with E-state index in [0.717, 1.165) is 13.0 Å². The van der Waals surface area contributed by atoms with E-state index in [1.165, 1.54) is 0 Å². The molecule has 0 aromatic heterocycles. The molecule has 4 nitrogen and oxygen atoms in total. The smallest absolute Gasteiger partial charge is 0.255 e. The van der Waals surface area contributed by atoms with Crippen molar-refractivity contribution in [3.05, 3.63) is 23.8 Å². The van der Waals surface area contributed by atoms with Crippen LogP contribution >= 0.6 is 0 Å². The lowest BCUT2D eigenvalue weighted by atomic mass is 10.1. The Kier molecular flexibility index (Phi) is 5.01. The molecule has 18 heavy (non-hydrogen) atoms. The van der Waals surface area contributed by atoms with Crippen molar-refractivity contribution in [2.24, 2.45) is 5.92 Å². The number of carbonyl (C=O) groups is 1. The summed E-state index contributed by atoms with van der Waals surface area (Å²) in [6.07, 6.45) is 0.984. The lowest BCUT2D eigenvalue weighted by Crippen LogP contribution is -2.29. The minimum Gasteiger partial charge on any atom is -0.497 e. The molecular formula is C14H22N2O2. The fourth-order valence-electron chi connectivity index (χ4n) is 1.62. The van der Waals surface area contributed by atoms with Gasteiger partial charge in [-0.3, -0.25) is 4.79 Å². The number of carbonyl (C=O) groups excluding carboxylic acids is 1. The number of nitrogens with two attached hydrogens (primary N) is 1. The van der Waals surface area contributed by atoms with Crippen LogP contribution in [0.5, 0.6) is 5.75 Å². The molecule has 1 aromatic carbocycles. The lowest BCUT2D eigenvalue weighted by Gasteiger charge is -2.19. The summed E-state index contributed by atoms with van der Waals surface area (Å²) in [5, 5.41) is 0. The zero-order valence-corrected chi connectivity index (χ0v) is 11.6. The van der Waals surface area contributed by atoms with E-state index in [-0.39, 0.29) is 5.91 Å². The average molecular weight is 250 g/mol. The molecule has 1 amide bonds. The van der Waals surface area contributed by atoms with Gasteiger partial charge in [-0.2, -0.15) is 0 Å². The first-order valence-electron chi connectivity index (χ1n) is 6.14. The Bertz CT molecular complexity index is 416. The number of rotatable bonds is 5. The van der Waals surface area contributed by atoms with Crippen LogP contribution in [0.3, 0.4) is 0 Å². The molecule has 1 rings (SSSR count). The zero-order chi connectivity index (χ0) is 13.7. The lowest BCUT2D eigenvalue weighted by molar-refractivity contribution is 0.0790. The van der Waals surface area contributed by atoms with Crippen molar-refractivity contribution in [3.8, 4) is 5.75 Å². The molecule has 0 aliphatic heterocycles. The summed E-state index contributed by atoms with van der Waals surface area (Å²) in [6, 6.07) is 5.13. The van der Waals surface area contributed by atoms with Crippen LogP contribution in [0.1, 0.15) is 30.6 Å². The van der Waals surface area contributed by atoms with E-state index < -0.39 is 0 Å². The SMILES string of the molecule is COc1ccc(C(=O)N(C)CCC(C)C)c(N)c1. The molecule has 0 radical (unpaired) electrons. The van der Waals surface area contributed by atoms with Crippen LogP contribution in [0.4, 0.5) is 5.69 Å². The van der Waals surface area contributed by atoms with Crippen molar-refractivity contribution in [2.75, 3.05) is 26.4 Å². The van der Waals surface area contributed by atoms with Crippen molar-refractivity contribution in [1.29, 1.82) is 0 Å². The van der Waals surface area contributed by atoms with Gasteiger partial charge in [-0.05, 0) is 24.5 Å². The van der Waals surface area contributed by atoms with Crippen molar-refractivity contribution >= 4 is 11.6 Å². The maximum Gasteiger partial charge on any atom is 0.255 e. The van der Waals surface area contributed by atoms with E-state index in [0.29, 0.717) is 22.9 Å². The van der Waals surface area contributed by atoms with Crippen LogP contribution in [0.2, 0.25) is 0 Å². The Balaban J connectivity index is 2.77. The number of nitrogens with zero attached hydrogens (tertiary/aromatic N) is 1. The second-order valence-electron chi connectivity index (χ2n) is 4.86. The molecule has 0 spiro atoms. The number of hydrogen-bond acceptors (Lipinski definition) is 3. The van der Waals surface area contributed by atoms with Crippen LogP contribution in [0, 0.1) is 5.92 Å². The Labute approximate surface area is 109 Å². The van der Waals surface area contributed by atoms with Gasteiger partial charge < -0.3 is 15.4 Å². The third kappa shape index (κ3) is 3.65. The van der Waals surface area contributed by atoms with Gasteiger partial charge in [0.1, 0.15) is 5.75 Å². The molecule has 100 valence electrons. The van der Waals surface area contributed by atoms with E-state index in [1.54, 1.807) is 37.3 Å². The highest BCUT2D eigenvalue weighted by atomic mass is 16.5. The van der Waals surface area contributed by atoms with Crippen LogP contribution in [0.25, 0.3) is 0 Å². The summed E-state index contributed by atoms with van der Waals surface area (Å²) in [4.78, 5) is 13.9. The van der Waals surface area contributed by atoms with Crippen LogP contribution in [-0.4, -0.2) is 31.5 Å². The summed E-state index contributed by atoms with van der Waals surface area (Å²) in [5.41, 5.74) is 6.85. The third-order valence-corrected chi connectivity index (χ3v) is 2.88. The number of anilines is 1. The van der Waals surface area contributed by atoms with Gasteiger partial charge in [-0.15, -0.1) is 0 Å². The largest absolute Gasteiger partial charge is 0.497 e. The number of methoxy groups -OCH3 is 1.